The van der Waals surface area contributed by atoms with E-state index in [0.717, 1.165) is 0 Å². The lowest BCUT2D eigenvalue weighted by Gasteiger charge is -2.04. The fourth-order valence-corrected chi connectivity index (χ4v) is 1.14. The summed E-state index contributed by atoms with van der Waals surface area (Å²) in [6.07, 6.45) is 0. The molecule has 1 unspecified atom stereocenters. The Hall–Kier alpha value is -0.153. The third-order valence-corrected chi connectivity index (χ3v) is 1.93. The predicted octanol–water partition coefficient (Wildman–Crippen LogP) is 0.678. The second-order valence-electron chi connectivity index (χ2n) is 3.02. The average molecular weight is 191 g/mol. The van der Waals surface area contributed by atoms with Crippen molar-refractivity contribution >= 4 is 19.4 Å². The molecule has 0 aromatic heterocycles. The van der Waals surface area contributed by atoms with Gasteiger partial charge in [0, 0.05) is 0 Å². The Bertz CT molecular complexity index is 198. The lowest BCUT2D eigenvalue weighted by atomic mass is 10.8. The molecule has 0 rings (SSSR count). The molecule has 11 heavy (non-hydrogen) atoms. The van der Waals surface area contributed by atoms with Crippen LogP contribution in [-0.4, -0.2) is 23.4 Å². The fraction of sp³-hybridized carbons (Fsp3) is 0.667. The maximum Gasteiger partial charge on any atom is 0.129 e. The van der Waals surface area contributed by atoms with Gasteiger partial charge in [-0.25, -0.2) is 4.21 Å². The van der Waals surface area contributed by atoms with Crippen LogP contribution in [0.3, 0.4) is 0 Å². The zero-order chi connectivity index (χ0) is 8.91. The standard InChI is InChI=1S/C6H12O3SSi/c1-11(2,3)6-4-5-9-10(7)8/h5H2,1-3H3,(H,7,8)/p-1. The second-order valence-corrected chi connectivity index (χ2v) is 8.41. The van der Waals surface area contributed by atoms with Gasteiger partial charge < -0.3 is 4.55 Å². The van der Waals surface area contributed by atoms with Gasteiger partial charge in [-0.1, -0.05) is 25.6 Å². The minimum absolute atomic E-state index is 0.0274. The Balaban J connectivity index is 3.66. The Morgan fingerprint density at radius 1 is 1.55 bits per heavy atom. The normalized spacial score (nSPS) is 13.5. The summed E-state index contributed by atoms with van der Waals surface area (Å²) in [6.45, 7) is 6.21. The van der Waals surface area contributed by atoms with E-state index in [2.05, 4.69) is 35.3 Å². The van der Waals surface area contributed by atoms with Gasteiger partial charge in [-0.2, -0.15) is 0 Å². The van der Waals surface area contributed by atoms with E-state index in [1.165, 1.54) is 0 Å². The molecule has 0 aliphatic carbocycles. The van der Waals surface area contributed by atoms with E-state index in [9.17, 15) is 8.76 Å². The largest absolute Gasteiger partial charge is 0.750 e. The highest BCUT2D eigenvalue weighted by molar-refractivity contribution is 7.74. The second kappa shape index (κ2) is 4.67. The third-order valence-electron chi connectivity index (χ3n) is 0.691. The van der Waals surface area contributed by atoms with Crippen LogP contribution in [-0.2, 0) is 15.5 Å². The Morgan fingerprint density at radius 3 is 2.45 bits per heavy atom. The molecule has 0 fully saturated rings. The highest BCUT2D eigenvalue weighted by Crippen LogP contribution is 1.95. The van der Waals surface area contributed by atoms with Crippen LogP contribution in [0.15, 0.2) is 0 Å². The van der Waals surface area contributed by atoms with Gasteiger partial charge in [0.15, 0.2) is 0 Å². The quantitative estimate of drug-likeness (QED) is 0.366. The number of rotatable bonds is 2. The van der Waals surface area contributed by atoms with Crippen molar-refractivity contribution in [3.05, 3.63) is 0 Å². The zero-order valence-corrected chi connectivity index (χ0v) is 8.66. The molecule has 0 radical (unpaired) electrons. The van der Waals surface area contributed by atoms with Crippen molar-refractivity contribution in [3.8, 4) is 11.5 Å². The molecule has 0 amide bonds. The molecule has 0 heterocycles. The summed E-state index contributed by atoms with van der Waals surface area (Å²) in [5.74, 6) is 2.65. The molecule has 64 valence electrons. The van der Waals surface area contributed by atoms with Crippen LogP contribution in [0.4, 0.5) is 0 Å². The SMILES string of the molecule is C[Si](C)(C)C#CCOS(=O)[O-]. The van der Waals surface area contributed by atoms with Crippen LogP contribution in [0.2, 0.25) is 19.6 Å². The molecule has 0 N–H and O–H groups in total. The van der Waals surface area contributed by atoms with Gasteiger partial charge >= 0.3 is 0 Å². The molecule has 5 heteroatoms. The average Bonchev–Trinajstić information content (AvgIpc) is 1.78. The van der Waals surface area contributed by atoms with Crippen LogP contribution in [0.25, 0.3) is 0 Å². The molecular weight excluding hydrogens is 180 g/mol. The highest BCUT2D eigenvalue weighted by atomic mass is 32.2. The van der Waals surface area contributed by atoms with Crippen LogP contribution in [0.1, 0.15) is 0 Å². The van der Waals surface area contributed by atoms with Crippen LogP contribution < -0.4 is 0 Å². The van der Waals surface area contributed by atoms with Crippen molar-refractivity contribution in [2.24, 2.45) is 0 Å². The number of hydrogen-bond donors (Lipinski definition) is 0. The Kier molecular flexibility index (Phi) is 4.60. The van der Waals surface area contributed by atoms with Crippen molar-refractivity contribution in [1.29, 1.82) is 0 Å². The molecule has 0 aromatic carbocycles. The van der Waals surface area contributed by atoms with Gasteiger partial charge in [-0.05, 0) is 0 Å². The third kappa shape index (κ3) is 9.85. The van der Waals surface area contributed by atoms with E-state index < -0.39 is 19.4 Å². The molecule has 0 aliphatic heterocycles. The lowest BCUT2D eigenvalue weighted by Crippen LogP contribution is -2.16. The van der Waals surface area contributed by atoms with Crippen LogP contribution >= 0.6 is 0 Å². The monoisotopic (exact) mass is 191 g/mol. The summed E-state index contributed by atoms with van der Waals surface area (Å²) in [7, 11) is -1.37. The highest BCUT2D eigenvalue weighted by Gasteiger charge is 2.06. The summed E-state index contributed by atoms with van der Waals surface area (Å²) >= 11 is -2.43. The topological polar surface area (TPSA) is 49.4 Å². The van der Waals surface area contributed by atoms with E-state index in [-0.39, 0.29) is 6.61 Å². The minimum Gasteiger partial charge on any atom is -0.750 e. The van der Waals surface area contributed by atoms with Crippen molar-refractivity contribution in [1.82, 2.24) is 0 Å². The molecule has 3 nitrogen and oxygen atoms in total. The summed E-state index contributed by atoms with van der Waals surface area (Å²) in [6, 6.07) is 0. The maximum absolute atomic E-state index is 9.85. The van der Waals surface area contributed by atoms with Crippen molar-refractivity contribution in [2.45, 2.75) is 19.6 Å². The first-order valence-electron chi connectivity index (χ1n) is 3.14. The maximum atomic E-state index is 9.85. The molecule has 0 spiro atoms. The Labute approximate surface area is 70.6 Å². The van der Waals surface area contributed by atoms with Crippen LogP contribution in [0, 0.1) is 11.5 Å². The summed E-state index contributed by atoms with van der Waals surface area (Å²) in [5.41, 5.74) is 2.97. The molecule has 0 aromatic rings. The Morgan fingerprint density at radius 2 is 2.09 bits per heavy atom. The smallest absolute Gasteiger partial charge is 0.129 e. The van der Waals surface area contributed by atoms with E-state index in [0.29, 0.717) is 0 Å². The predicted molar refractivity (Wildman–Crippen MR) is 46.0 cm³/mol. The van der Waals surface area contributed by atoms with Gasteiger partial charge in [0.1, 0.15) is 14.7 Å². The number of hydrogen-bond acceptors (Lipinski definition) is 3. The van der Waals surface area contributed by atoms with E-state index in [4.69, 9.17) is 0 Å². The van der Waals surface area contributed by atoms with Gasteiger partial charge in [-0.3, -0.25) is 4.18 Å². The van der Waals surface area contributed by atoms with Gasteiger partial charge in [0.25, 0.3) is 0 Å². The first-order valence-corrected chi connectivity index (χ1v) is 7.64. The van der Waals surface area contributed by atoms with Gasteiger partial charge in [0.05, 0.1) is 11.4 Å². The van der Waals surface area contributed by atoms with E-state index in [1.807, 2.05) is 0 Å². The van der Waals surface area contributed by atoms with E-state index >= 15 is 0 Å². The summed E-state index contributed by atoms with van der Waals surface area (Å²) < 4.78 is 23.9. The molecule has 0 aliphatic rings. The summed E-state index contributed by atoms with van der Waals surface area (Å²) in [5, 5.41) is 0. The van der Waals surface area contributed by atoms with E-state index in [1.54, 1.807) is 0 Å². The summed E-state index contributed by atoms with van der Waals surface area (Å²) in [4.78, 5) is 0. The van der Waals surface area contributed by atoms with Crippen molar-refractivity contribution in [2.75, 3.05) is 6.61 Å². The first-order chi connectivity index (χ1) is 4.92. The molecule has 1 atom stereocenters. The first kappa shape index (κ1) is 10.8. The molecule has 0 bridgehead atoms. The lowest BCUT2D eigenvalue weighted by molar-refractivity contribution is 0.339. The van der Waals surface area contributed by atoms with Crippen molar-refractivity contribution < 1.29 is 12.9 Å². The molecule has 0 saturated heterocycles. The minimum atomic E-state index is -2.43. The van der Waals surface area contributed by atoms with Crippen LogP contribution in [0.5, 0.6) is 0 Å². The van der Waals surface area contributed by atoms with Gasteiger partial charge in [-0.15, -0.1) is 5.54 Å². The molecule has 0 saturated carbocycles. The fourth-order valence-electron chi connectivity index (χ4n) is 0.379. The molecular formula is C6H11O3SSi-. The van der Waals surface area contributed by atoms with Gasteiger partial charge in [0.2, 0.25) is 0 Å². The zero-order valence-electron chi connectivity index (χ0n) is 6.84. The van der Waals surface area contributed by atoms with Crippen molar-refractivity contribution in [3.63, 3.8) is 0 Å².